The molecule has 0 radical (unpaired) electrons. The van der Waals surface area contributed by atoms with E-state index < -0.39 is 0 Å². The van der Waals surface area contributed by atoms with Gasteiger partial charge in [0.25, 0.3) is 0 Å². The van der Waals surface area contributed by atoms with Gasteiger partial charge in [0.2, 0.25) is 0 Å². The molecule has 0 spiro atoms. The van der Waals surface area contributed by atoms with Crippen molar-refractivity contribution < 1.29 is 0 Å². The Balaban J connectivity index is 2.25. The van der Waals surface area contributed by atoms with E-state index in [0.717, 1.165) is 19.0 Å². The van der Waals surface area contributed by atoms with Crippen molar-refractivity contribution >= 4 is 0 Å². The third-order valence-electron chi connectivity index (χ3n) is 3.07. The van der Waals surface area contributed by atoms with Crippen molar-refractivity contribution in [2.45, 2.75) is 38.8 Å². The highest BCUT2D eigenvalue weighted by Gasteiger charge is 2.32. The molecule has 2 atom stereocenters. The van der Waals surface area contributed by atoms with E-state index in [4.69, 9.17) is 6.42 Å². The molecule has 0 heterocycles. The predicted octanol–water partition coefficient (Wildman–Crippen LogP) is 1.33. The van der Waals surface area contributed by atoms with E-state index in [9.17, 15) is 0 Å². The van der Waals surface area contributed by atoms with Crippen LogP contribution in [-0.2, 0) is 0 Å². The summed E-state index contributed by atoms with van der Waals surface area (Å²) in [5, 5.41) is 3.50. The molecule has 1 aliphatic rings. The van der Waals surface area contributed by atoms with Crippen molar-refractivity contribution in [2.75, 3.05) is 20.1 Å². The zero-order valence-electron chi connectivity index (χ0n) is 9.59. The van der Waals surface area contributed by atoms with Crippen LogP contribution in [0.1, 0.15) is 26.7 Å². The summed E-state index contributed by atoms with van der Waals surface area (Å²) in [6.45, 7) is 6.30. The first-order valence-corrected chi connectivity index (χ1v) is 5.52. The molecule has 14 heavy (non-hydrogen) atoms. The first kappa shape index (κ1) is 11.6. The van der Waals surface area contributed by atoms with Gasteiger partial charge in [-0.3, -0.25) is 4.90 Å². The maximum Gasteiger partial charge on any atom is 0.0598 e. The molecule has 1 rings (SSSR count). The molecule has 80 valence electrons. The zero-order valence-corrected chi connectivity index (χ0v) is 9.59. The number of terminal acetylenes is 1. The first-order valence-electron chi connectivity index (χ1n) is 5.52. The van der Waals surface area contributed by atoms with Crippen LogP contribution in [-0.4, -0.2) is 37.1 Å². The van der Waals surface area contributed by atoms with Crippen LogP contribution >= 0.6 is 0 Å². The molecule has 1 saturated carbocycles. The zero-order chi connectivity index (χ0) is 10.6. The number of nitrogens with one attached hydrogen (secondary N) is 1. The third kappa shape index (κ3) is 3.01. The van der Waals surface area contributed by atoms with Gasteiger partial charge in [-0.1, -0.05) is 19.8 Å². The van der Waals surface area contributed by atoms with Gasteiger partial charge in [-0.2, -0.15) is 0 Å². The first-order chi connectivity index (χ1) is 6.65. The highest BCUT2D eigenvalue weighted by molar-refractivity contribution is 4.95. The highest BCUT2D eigenvalue weighted by atomic mass is 15.1. The summed E-state index contributed by atoms with van der Waals surface area (Å²) in [4.78, 5) is 2.30. The van der Waals surface area contributed by atoms with Crippen molar-refractivity contribution in [1.29, 1.82) is 0 Å². The van der Waals surface area contributed by atoms with Crippen molar-refractivity contribution in [3.63, 3.8) is 0 Å². The molecule has 0 aromatic rings. The lowest BCUT2D eigenvalue weighted by Gasteiger charge is -2.42. The van der Waals surface area contributed by atoms with Crippen molar-refractivity contribution in [1.82, 2.24) is 10.2 Å². The molecule has 1 N–H and O–H groups in total. The van der Waals surface area contributed by atoms with Gasteiger partial charge in [-0.15, -0.1) is 6.42 Å². The largest absolute Gasteiger partial charge is 0.314 e. The summed E-state index contributed by atoms with van der Waals surface area (Å²) in [7, 11) is 2.13. The lowest BCUT2D eigenvalue weighted by molar-refractivity contribution is 0.0937. The van der Waals surface area contributed by atoms with Crippen LogP contribution in [0.4, 0.5) is 0 Å². The Morgan fingerprint density at radius 2 is 2.21 bits per heavy atom. The van der Waals surface area contributed by atoms with E-state index in [1.165, 1.54) is 12.8 Å². The number of hydrogen-bond acceptors (Lipinski definition) is 2. The van der Waals surface area contributed by atoms with Crippen molar-refractivity contribution in [2.24, 2.45) is 5.92 Å². The average molecular weight is 194 g/mol. The molecule has 0 amide bonds. The van der Waals surface area contributed by atoms with Gasteiger partial charge in [-0.25, -0.2) is 0 Å². The Labute approximate surface area is 88.1 Å². The molecule has 0 aromatic heterocycles. The summed E-state index contributed by atoms with van der Waals surface area (Å²) in [5.74, 6) is 3.51. The lowest BCUT2D eigenvalue weighted by Crippen LogP contribution is -2.49. The fourth-order valence-electron chi connectivity index (χ4n) is 2.02. The van der Waals surface area contributed by atoms with Gasteiger partial charge in [0.05, 0.1) is 6.54 Å². The lowest BCUT2D eigenvalue weighted by atomic mass is 9.78. The number of nitrogens with zero attached hydrogens (tertiary/aromatic N) is 1. The molecule has 1 aliphatic carbocycles. The minimum absolute atomic E-state index is 0.592. The van der Waals surface area contributed by atoms with Gasteiger partial charge in [0, 0.05) is 12.1 Å². The van der Waals surface area contributed by atoms with E-state index in [0.29, 0.717) is 12.1 Å². The monoisotopic (exact) mass is 194 g/mol. The Kier molecular flexibility index (Phi) is 4.44. The molecule has 0 aliphatic heterocycles. The second-order valence-corrected chi connectivity index (χ2v) is 4.59. The molecular weight excluding hydrogens is 172 g/mol. The Hall–Kier alpha value is -0.520. The quantitative estimate of drug-likeness (QED) is 0.664. The molecule has 2 unspecified atom stereocenters. The molecule has 0 saturated heterocycles. The molecule has 0 aromatic carbocycles. The Morgan fingerprint density at radius 3 is 2.64 bits per heavy atom. The number of hydrogen-bond donors (Lipinski definition) is 1. The summed E-state index contributed by atoms with van der Waals surface area (Å²) >= 11 is 0. The van der Waals surface area contributed by atoms with Crippen LogP contribution in [0.3, 0.4) is 0 Å². The summed E-state index contributed by atoms with van der Waals surface area (Å²) in [6, 6.07) is 1.30. The van der Waals surface area contributed by atoms with E-state index in [2.05, 4.69) is 37.0 Å². The molecule has 0 bridgehead atoms. The standard InChI is InChI=1S/C12H22N2/c1-5-8-14(4)12-7-6-11(12)9-13-10(2)3/h1,10-13H,6-9H2,2-4H3. The summed E-state index contributed by atoms with van der Waals surface area (Å²) in [6.07, 6.45) is 7.96. The topological polar surface area (TPSA) is 15.3 Å². The van der Waals surface area contributed by atoms with Gasteiger partial charge in [0.1, 0.15) is 0 Å². The van der Waals surface area contributed by atoms with Gasteiger partial charge < -0.3 is 5.32 Å². The maximum atomic E-state index is 5.31. The van der Waals surface area contributed by atoms with Gasteiger partial charge >= 0.3 is 0 Å². The summed E-state index contributed by atoms with van der Waals surface area (Å²) < 4.78 is 0. The summed E-state index contributed by atoms with van der Waals surface area (Å²) in [5.41, 5.74) is 0. The van der Waals surface area contributed by atoms with Crippen LogP contribution in [0.25, 0.3) is 0 Å². The van der Waals surface area contributed by atoms with Crippen molar-refractivity contribution in [3.05, 3.63) is 0 Å². The van der Waals surface area contributed by atoms with Crippen molar-refractivity contribution in [3.8, 4) is 12.3 Å². The second-order valence-electron chi connectivity index (χ2n) is 4.59. The second kappa shape index (κ2) is 5.38. The predicted molar refractivity (Wildman–Crippen MR) is 61.1 cm³/mol. The Morgan fingerprint density at radius 1 is 1.50 bits per heavy atom. The Bertz CT molecular complexity index is 205. The van der Waals surface area contributed by atoms with Gasteiger partial charge in [-0.05, 0) is 32.4 Å². The van der Waals surface area contributed by atoms with Crippen LogP contribution in [0, 0.1) is 18.3 Å². The van der Waals surface area contributed by atoms with E-state index in [1.54, 1.807) is 0 Å². The van der Waals surface area contributed by atoms with Crippen LogP contribution < -0.4 is 5.32 Å². The normalized spacial score (nSPS) is 26.3. The minimum Gasteiger partial charge on any atom is -0.314 e. The highest BCUT2D eigenvalue weighted by Crippen LogP contribution is 2.30. The van der Waals surface area contributed by atoms with E-state index in [-0.39, 0.29) is 0 Å². The van der Waals surface area contributed by atoms with Crippen LogP contribution in [0.2, 0.25) is 0 Å². The third-order valence-corrected chi connectivity index (χ3v) is 3.07. The average Bonchev–Trinajstić information content (AvgIpc) is 2.01. The SMILES string of the molecule is C#CCN(C)C1CCC1CNC(C)C. The number of rotatable bonds is 5. The smallest absolute Gasteiger partial charge is 0.0598 e. The molecular formula is C12H22N2. The van der Waals surface area contributed by atoms with Gasteiger partial charge in [0.15, 0.2) is 0 Å². The maximum absolute atomic E-state index is 5.31. The minimum atomic E-state index is 0.592. The van der Waals surface area contributed by atoms with E-state index in [1.807, 2.05) is 0 Å². The van der Waals surface area contributed by atoms with Crippen LogP contribution in [0.15, 0.2) is 0 Å². The van der Waals surface area contributed by atoms with Crippen LogP contribution in [0.5, 0.6) is 0 Å². The fraction of sp³-hybridized carbons (Fsp3) is 0.833. The van der Waals surface area contributed by atoms with E-state index >= 15 is 0 Å². The fourth-order valence-corrected chi connectivity index (χ4v) is 2.02. The molecule has 2 nitrogen and oxygen atoms in total. The molecule has 2 heteroatoms. The molecule has 1 fully saturated rings.